The number of benzene rings is 1. The molecule has 0 spiro atoms. The van der Waals surface area contributed by atoms with Crippen LogP contribution in [0, 0.1) is 18.6 Å². The third-order valence-corrected chi connectivity index (χ3v) is 2.91. The van der Waals surface area contributed by atoms with E-state index in [0.29, 0.717) is 5.56 Å². The predicted molar refractivity (Wildman–Crippen MR) is 66.1 cm³/mol. The van der Waals surface area contributed by atoms with Gasteiger partial charge >= 0.3 is 5.69 Å². The zero-order valence-corrected chi connectivity index (χ0v) is 10.5. The van der Waals surface area contributed by atoms with E-state index in [4.69, 9.17) is 0 Å². The summed E-state index contributed by atoms with van der Waals surface area (Å²) in [5, 5.41) is 0. The first-order valence-electron chi connectivity index (χ1n) is 5.61. The van der Waals surface area contributed by atoms with Gasteiger partial charge in [0, 0.05) is 24.4 Å². The maximum atomic E-state index is 13.5. The molecule has 0 aliphatic rings. The van der Waals surface area contributed by atoms with Crippen molar-refractivity contribution < 1.29 is 8.78 Å². The van der Waals surface area contributed by atoms with Crippen LogP contribution in [0.25, 0.3) is 0 Å². The number of aromatic nitrogens is 2. The van der Waals surface area contributed by atoms with Crippen LogP contribution in [0.5, 0.6) is 0 Å². The zero-order valence-electron chi connectivity index (χ0n) is 10.5. The minimum absolute atomic E-state index is 0.206. The number of hydrogen-bond donors (Lipinski definition) is 0. The summed E-state index contributed by atoms with van der Waals surface area (Å²) in [6.07, 6.45) is 1.30. The van der Waals surface area contributed by atoms with Crippen LogP contribution in [-0.4, -0.2) is 9.13 Å². The lowest BCUT2D eigenvalue weighted by atomic mass is 10.2. The van der Waals surface area contributed by atoms with Gasteiger partial charge in [0.2, 0.25) is 0 Å². The molecule has 4 nitrogen and oxygen atoms in total. The summed E-state index contributed by atoms with van der Waals surface area (Å²) in [7, 11) is 1.33. The molecular weight excluding hydrogens is 254 g/mol. The van der Waals surface area contributed by atoms with Gasteiger partial charge in [-0.2, -0.15) is 0 Å². The summed E-state index contributed by atoms with van der Waals surface area (Å²) < 4.78 is 29.1. The normalized spacial score (nSPS) is 10.7. The fourth-order valence-electron chi connectivity index (χ4n) is 1.86. The number of nitrogens with zero attached hydrogens (tertiary/aromatic N) is 2. The second kappa shape index (κ2) is 4.79. The van der Waals surface area contributed by atoms with E-state index in [2.05, 4.69) is 0 Å². The Morgan fingerprint density at radius 1 is 1.16 bits per heavy atom. The molecule has 0 N–H and O–H groups in total. The van der Waals surface area contributed by atoms with E-state index in [1.165, 1.54) is 26.2 Å². The second-order valence-electron chi connectivity index (χ2n) is 4.29. The molecule has 0 amide bonds. The molecule has 0 fully saturated rings. The molecule has 19 heavy (non-hydrogen) atoms. The van der Waals surface area contributed by atoms with E-state index in [-0.39, 0.29) is 12.1 Å². The second-order valence-corrected chi connectivity index (χ2v) is 4.29. The fourth-order valence-corrected chi connectivity index (χ4v) is 1.86. The van der Waals surface area contributed by atoms with E-state index in [1.807, 2.05) is 0 Å². The fraction of sp³-hybridized carbons (Fsp3) is 0.231. The molecule has 1 aromatic carbocycles. The lowest BCUT2D eigenvalue weighted by Crippen LogP contribution is -2.39. The molecule has 1 heterocycles. The minimum Gasteiger partial charge on any atom is -0.296 e. The monoisotopic (exact) mass is 266 g/mol. The predicted octanol–water partition coefficient (Wildman–Crippen LogP) is 1.18. The van der Waals surface area contributed by atoms with Crippen LogP contribution in [0.4, 0.5) is 8.78 Å². The lowest BCUT2D eigenvalue weighted by molar-refractivity contribution is 0.532. The molecule has 0 aliphatic carbocycles. The first-order valence-corrected chi connectivity index (χ1v) is 5.61. The maximum absolute atomic E-state index is 13.5. The number of aryl methyl sites for hydroxylation is 1. The van der Waals surface area contributed by atoms with Crippen LogP contribution in [0.15, 0.2) is 34.0 Å². The first-order chi connectivity index (χ1) is 8.91. The van der Waals surface area contributed by atoms with Crippen molar-refractivity contribution in [1.29, 1.82) is 0 Å². The first kappa shape index (κ1) is 13.2. The Bertz CT molecular complexity index is 727. The molecule has 6 heteroatoms. The quantitative estimate of drug-likeness (QED) is 0.819. The van der Waals surface area contributed by atoms with Gasteiger partial charge in [0.15, 0.2) is 0 Å². The highest BCUT2D eigenvalue weighted by Crippen LogP contribution is 2.12. The summed E-state index contributed by atoms with van der Waals surface area (Å²) >= 11 is 0. The summed E-state index contributed by atoms with van der Waals surface area (Å²) in [5.41, 5.74) is -0.907. The molecule has 0 atom stereocenters. The van der Waals surface area contributed by atoms with Crippen molar-refractivity contribution in [2.75, 3.05) is 0 Å². The summed E-state index contributed by atoms with van der Waals surface area (Å²) in [5.74, 6) is -1.45. The van der Waals surface area contributed by atoms with Gasteiger partial charge in [0.25, 0.3) is 5.56 Å². The Kier molecular flexibility index (Phi) is 3.33. The van der Waals surface area contributed by atoms with Gasteiger partial charge in [-0.3, -0.25) is 13.9 Å². The Morgan fingerprint density at radius 2 is 1.74 bits per heavy atom. The largest absolute Gasteiger partial charge is 0.331 e. The summed E-state index contributed by atoms with van der Waals surface area (Å²) in [4.78, 5) is 23.4. The minimum atomic E-state index is -0.724. The van der Waals surface area contributed by atoms with Crippen molar-refractivity contribution in [2.24, 2.45) is 7.05 Å². The highest BCUT2D eigenvalue weighted by molar-refractivity contribution is 5.20. The van der Waals surface area contributed by atoms with Crippen LogP contribution >= 0.6 is 0 Å². The average molecular weight is 266 g/mol. The molecule has 2 aromatic rings. The van der Waals surface area contributed by atoms with Crippen molar-refractivity contribution in [3.05, 3.63) is 68.0 Å². The van der Waals surface area contributed by atoms with Crippen LogP contribution in [0.2, 0.25) is 0 Å². The van der Waals surface area contributed by atoms with Crippen molar-refractivity contribution in [2.45, 2.75) is 13.5 Å². The maximum Gasteiger partial charge on any atom is 0.331 e. The zero-order chi connectivity index (χ0) is 14.2. The molecule has 0 bridgehead atoms. The third kappa shape index (κ3) is 2.33. The van der Waals surface area contributed by atoms with Crippen molar-refractivity contribution in [1.82, 2.24) is 9.13 Å². The van der Waals surface area contributed by atoms with Crippen molar-refractivity contribution in [3.8, 4) is 0 Å². The molecule has 0 saturated heterocycles. The lowest BCUT2D eigenvalue weighted by Gasteiger charge is -2.10. The Morgan fingerprint density at radius 3 is 2.32 bits per heavy atom. The van der Waals surface area contributed by atoms with E-state index >= 15 is 0 Å². The Labute approximate surface area is 107 Å². The Hall–Kier alpha value is -2.24. The number of halogens is 2. The van der Waals surface area contributed by atoms with E-state index in [0.717, 1.165) is 21.3 Å². The van der Waals surface area contributed by atoms with Crippen LogP contribution in [-0.2, 0) is 13.6 Å². The van der Waals surface area contributed by atoms with Gasteiger partial charge in [-0.25, -0.2) is 13.6 Å². The van der Waals surface area contributed by atoms with Gasteiger partial charge in [0.1, 0.15) is 11.6 Å². The average Bonchev–Trinajstić information content (AvgIpc) is 2.37. The smallest absolute Gasteiger partial charge is 0.296 e. The van der Waals surface area contributed by atoms with Gasteiger partial charge in [0.05, 0.1) is 6.54 Å². The van der Waals surface area contributed by atoms with E-state index < -0.39 is 22.9 Å². The number of hydrogen-bond acceptors (Lipinski definition) is 2. The molecular formula is C13H12F2N2O2. The summed E-state index contributed by atoms with van der Waals surface area (Å²) in [6, 6.07) is 3.50. The standard InChI is InChI=1S/C13H12F2N2O2/c1-8-6-17(13(19)16(2)12(8)18)7-9-10(14)4-3-5-11(9)15/h3-6H,7H2,1-2H3. The molecule has 100 valence electrons. The van der Waals surface area contributed by atoms with Crippen molar-refractivity contribution >= 4 is 0 Å². The topological polar surface area (TPSA) is 44.0 Å². The van der Waals surface area contributed by atoms with Gasteiger partial charge in [-0.05, 0) is 19.1 Å². The molecule has 0 saturated carbocycles. The van der Waals surface area contributed by atoms with E-state index in [9.17, 15) is 18.4 Å². The third-order valence-electron chi connectivity index (χ3n) is 2.91. The van der Waals surface area contributed by atoms with E-state index in [1.54, 1.807) is 0 Å². The Balaban J connectivity index is 2.57. The molecule has 2 rings (SSSR count). The highest BCUT2D eigenvalue weighted by atomic mass is 19.1. The molecule has 0 aliphatic heterocycles. The van der Waals surface area contributed by atoms with Crippen molar-refractivity contribution in [3.63, 3.8) is 0 Å². The van der Waals surface area contributed by atoms with Crippen LogP contribution in [0.1, 0.15) is 11.1 Å². The molecule has 1 aromatic heterocycles. The van der Waals surface area contributed by atoms with Gasteiger partial charge in [-0.15, -0.1) is 0 Å². The molecule has 0 radical (unpaired) electrons. The summed E-state index contributed by atoms with van der Waals surface area (Å²) in [6.45, 7) is 1.28. The molecule has 0 unspecified atom stereocenters. The SMILES string of the molecule is Cc1cn(Cc2c(F)cccc2F)c(=O)n(C)c1=O. The van der Waals surface area contributed by atoms with Gasteiger partial charge in [-0.1, -0.05) is 6.07 Å². The van der Waals surface area contributed by atoms with Crippen LogP contribution < -0.4 is 11.2 Å². The van der Waals surface area contributed by atoms with Crippen LogP contribution in [0.3, 0.4) is 0 Å². The highest BCUT2D eigenvalue weighted by Gasteiger charge is 2.12. The van der Waals surface area contributed by atoms with Gasteiger partial charge < -0.3 is 0 Å². The number of rotatable bonds is 2.